The molecule has 98 valence electrons. The summed E-state index contributed by atoms with van der Waals surface area (Å²) in [6.07, 6.45) is 1.03. The lowest BCUT2D eigenvalue weighted by atomic mass is 9.82. The number of nitrogens with one attached hydrogen (secondary N) is 1. The molecule has 0 saturated carbocycles. The van der Waals surface area contributed by atoms with Crippen LogP contribution in [0.2, 0.25) is 0 Å². The van der Waals surface area contributed by atoms with Gasteiger partial charge in [-0.3, -0.25) is 0 Å². The third kappa shape index (κ3) is 1.96. The lowest BCUT2D eigenvalue weighted by Gasteiger charge is -2.44. The van der Waals surface area contributed by atoms with Gasteiger partial charge in [-0.1, -0.05) is 19.1 Å². The van der Waals surface area contributed by atoms with Crippen LogP contribution in [0.3, 0.4) is 0 Å². The van der Waals surface area contributed by atoms with Gasteiger partial charge in [-0.25, -0.2) is 4.39 Å². The van der Waals surface area contributed by atoms with Crippen LogP contribution in [0, 0.1) is 5.82 Å². The number of ether oxygens (including phenoxy) is 1. The predicted octanol–water partition coefficient (Wildman–Crippen LogP) is 2.75. The summed E-state index contributed by atoms with van der Waals surface area (Å²) >= 11 is 1.95. The molecule has 1 spiro atoms. The zero-order valence-electron chi connectivity index (χ0n) is 10.5. The molecule has 0 bridgehead atoms. The topological polar surface area (TPSA) is 21.3 Å². The summed E-state index contributed by atoms with van der Waals surface area (Å²) < 4.78 is 19.6. The maximum atomic E-state index is 13.4. The number of rotatable bonds is 1. The van der Waals surface area contributed by atoms with E-state index in [-0.39, 0.29) is 17.5 Å². The average molecular weight is 267 g/mol. The van der Waals surface area contributed by atoms with Crippen LogP contribution in [0.4, 0.5) is 4.39 Å². The van der Waals surface area contributed by atoms with Crippen molar-refractivity contribution in [3.8, 4) is 0 Å². The number of halogens is 1. The van der Waals surface area contributed by atoms with E-state index in [4.69, 9.17) is 4.74 Å². The molecule has 3 atom stereocenters. The van der Waals surface area contributed by atoms with Crippen LogP contribution in [-0.2, 0) is 4.74 Å². The molecule has 2 aliphatic rings. The molecule has 2 fully saturated rings. The van der Waals surface area contributed by atoms with Gasteiger partial charge in [0, 0.05) is 11.8 Å². The molecule has 0 amide bonds. The molecule has 2 aliphatic heterocycles. The Morgan fingerprint density at radius 1 is 1.50 bits per heavy atom. The summed E-state index contributed by atoms with van der Waals surface area (Å²) in [7, 11) is 0. The summed E-state index contributed by atoms with van der Waals surface area (Å²) in [4.78, 5) is 0. The van der Waals surface area contributed by atoms with Crippen LogP contribution in [0.25, 0.3) is 0 Å². The van der Waals surface area contributed by atoms with E-state index >= 15 is 0 Å². The van der Waals surface area contributed by atoms with E-state index in [1.165, 1.54) is 6.07 Å². The first kappa shape index (κ1) is 12.5. The Kier molecular flexibility index (Phi) is 3.34. The van der Waals surface area contributed by atoms with Crippen LogP contribution in [-0.4, -0.2) is 29.8 Å². The lowest BCUT2D eigenvalue weighted by molar-refractivity contribution is -0.0940. The molecule has 2 saturated heterocycles. The molecule has 1 N–H and O–H groups in total. The molecule has 2 nitrogen and oxygen atoms in total. The third-order valence-corrected chi connectivity index (χ3v) is 5.38. The van der Waals surface area contributed by atoms with E-state index in [1.54, 1.807) is 12.1 Å². The lowest BCUT2D eigenvalue weighted by Crippen LogP contribution is -2.55. The van der Waals surface area contributed by atoms with E-state index in [2.05, 4.69) is 12.2 Å². The minimum absolute atomic E-state index is 0.104. The summed E-state index contributed by atoms with van der Waals surface area (Å²) in [5, 5.41) is 3.96. The van der Waals surface area contributed by atoms with E-state index in [0.717, 1.165) is 30.9 Å². The first-order chi connectivity index (χ1) is 8.72. The number of hydrogen-bond acceptors (Lipinski definition) is 3. The normalized spacial score (nSPS) is 36.1. The van der Waals surface area contributed by atoms with Crippen molar-refractivity contribution in [2.24, 2.45) is 0 Å². The van der Waals surface area contributed by atoms with Gasteiger partial charge in [0.05, 0.1) is 18.2 Å². The van der Waals surface area contributed by atoms with Gasteiger partial charge in [-0.05, 0) is 29.9 Å². The van der Waals surface area contributed by atoms with Crippen LogP contribution < -0.4 is 5.32 Å². The quantitative estimate of drug-likeness (QED) is 0.845. The third-order valence-electron chi connectivity index (χ3n) is 4.04. The molecule has 18 heavy (non-hydrogen) atoms. The molecular formula is C14H18FNOS. The molecule has 1 aromatic rings. The standard InChI is InChI=1S/C14H18FNOS/c1-10-14(5-8-18-10)13(16-6-7-17-14)11-3-2-4-12(15)9-11/h2-4,9-10,13,16H,5-8H2,1H3. The number of thioether (sulfide) groups is 1. The predicted molar refractivity (Wildman–Crippen MR) is 72.4 cm³/mol. The van der Waals surface area contributed by atoms with E-state index in [1.807, 2.05) is 17.8 Å². The van der Waals surface area contributed by atoms with Gasteiger partial charge in [0.2, 0.25) is 0 Å². The molecular weight excluding hydrogens is 249 g/mol. The van der Waals surface area contributed by atoms with Crippen molar-refractivity contribution in [3.63, 3.8) is 0 Å². The van der Waals surface area contributed by atoms with Crippen LogP contribution in [0.5, 0.6) is 0 Å². The minimum atomic E-state index is -0.173. The Morgan fingerprint density at radius 3 is 3.11 bits per heavy atom. The van der Waals surface area contributed by atoms with Crippen molar-refractivity contribution in [1.82, 2.24) is 5.32 Å². The smallest absolute Gasteiger partial charge is 0.123 e. The molecule has 0 aromatic heterocycles. The van der Waals surface area contributed by atoms with Crippen molar-refractivity contribution >= 4 is 11.8 Å². The average Bonchev–Trinajstić information content (AvgIpc) is 2.72. The molecule has 4 heteroatoms. The highest BCUT2D eigenvalue weighted by Gasteiger charge is 2.50. The number of morpholine rings is 1. The second-order valence-electron chi connectivity index (χ2n) is 5.01. The van der Waals surface area contributed by atoms with E-state index < -0.39 is 0 Å². The van der Waals surface area contributed by atoms with Gasteiger partial charge in [0.15, 0.2) is 0 Å². The SMILES string of the molecule is CC1SCCC12OCCNC2c1cccc(F)c1. The van der Waals surface area contributed by atoms with Crippen molar-refractivity contribution in [1.29, 1.82) is 0 Å². The van der Waals surface area contributed by atoms with Gasteiger partial charge < -0.3 is 10.1 Å². The zero-order valence-corrected chi connectivity index (χ0v) is 11.3. The Labute approximate surface area is 111 Å². The summed E-state index contributed by atoms with van der Waals surface area (Å²) in [5.74, 6) is 0.947. The molecule has 2 heterocycles. The minimum Gasteiger partial charge on any atom is -0.371 e. The van der Waals surface area contributed by atoms with Gasteiger partial charge in [0.25, 0.3) is 0 Å². The molecule has 0 aliphatic carbocycles. The van der Waals surface area contributed by atoms with Gasteiger partial charge in [0.1, 0.15) is 5.82 Å². The van der Waals surface area contributed by atoms with Crippen LogP contribution in [0.1, 0.15) is 24.9 Å². The highest BCUT2D eigenvalue weighted by molar-refractivity contribution is 8.00. The monoisotopic (exact) mass is 267 g/mol. The summed E-state index contributed by atoms with van der Waals surface area (Å²) in [5.41, 5.74) is 0.834. The Hall–Kier alpha value is -0.580. The van der Waals surface area contributed by atoms with Crippen molar-refractivity contribution in [3.05, 3.63) is 35.6 Å². The van der Waals surface area contributed by atoms with Gasteiger partial charge in [-0.15, -0.1) is 0 Å². The molecule has 1 aromatic carbocycles. The van der Waals surface area contributed by atoms with Crippen LogP contribution in [0.15, 0.2) is 24.3 Å². The van der Waals surface area contributed by atoms with Crippen molar-refractivity contribution in [2.75, 3.05) is 18.9 Å². The van der Waals surface area contributed by atoms with E-state index in [9.17, 15) is 4.39 Å². The fourth-order valence-corrected chi connectivity index (χ4v) is 4.49. The zero-order chi connectivity index (χ0) is 12.6. The fraction of sp³-hybridized carbons (Fsp3) is 0.571. The highest BCUT2D eigenvalue weighted by Crippen LogP contribution is 2.47. The number of hydrogen-bond donors (Lipinski definition) is 1. The number of benzene rings is 1. The first-order valence-corrected chi connectivity index (χ1v) is 7.52. The molecule has 3 rings (SSSR count). The summed E-state index contributed by atoms with van der Waals surface area (Å²) in [6.45, 7) is 3.80. The fourth-order valence-electron chi connectivity index (χ4n) is 3.09. The Bertz CT molecular complexity index is 442. The largest absolute Gasteiger partial charge is 0.371 e. The maximum absolute atomic E-state index is 13.4. The van der Waals surface area contributed by atoms with Crippen molar-refractivity contribution < 1.29 is 9.13 Å². The maximum Gasteiger partial charge on any atom is 0.123 e. The highest BCUT2D eigenvalue weighted by atomic mass is 32.2. The Morgan fingerprint density at radius 2 is 2.39 bits per heavy atom. The van der Waals surface area contributed by atoms with Gasteiger partial charge >= 0.3 is 0 Å². The second-order valence-corrected chi connectivity index (χ2v) is 6.46. The first-order valence-electron chi connectivity index (χ1n) is 6.47. The molecule has 3 unspecified atom stereocenters. The Balaban J connectivity index is 1.97. The molecule has 0 radical (unpaired) electrons. The second kappa shape index (κ2) is 4.83. The van der Waals surface area contributed by atoms with Crippen LogP contribution >= 0.6 is 11.8 Å². The van der Waals surface area contributed by atoms with E-state index in [0.29, 0.717) is 5.25 Å². The van der Waals surface area contributed by atoms with Crippen molar-refractivity contribution in [2.45, 2.75) is 30.2 Å². The summed E-state index contributed by atoms with van der Waals surface area (Å²) in [6, 6.07) is 7.00. The van der Waals surface area contributed by atoms with Gasteiger partial charge in [-0.2, -0.15) is 11.8 Å².